The number of carbonyl (C=O) groups excluding carboxylic acids is 2. The van der Waals surface area contributed by atoms with Crippen LogP contribution in [0.15, 0.2) is 18.2 Å². The Morgan fingerprint density at radius 1 is 1.14 bits per heavy atom. The molecule has 1 aromatic rings. The first-order valence-electron chi connectivity index (χ1n) is 7.17. The second-order valence-electron chi connectivity index (χ2n) is 5.55. The molecule has 0 heterocycles. The van der Waals surface area contributed by atoms with Gasteiger partial charge in [0.05, 0.1) is 0 Å². The second-order valence-corrected chi connectivity index (χ2v) is 5.55. The van der Waals surface area contributed by atoms with Gasteiger partial charge in [0.15, 0.2) is 0 Å². The first-order valence-corrected chi connectivity index (χ1v) is 7.17. The van der Waals surface area contributed by atoms with Crippen molar-refractivity contribution < 1.29 is 9.59 Å². The minimum atomic E-state index is -0.284. The SMILES string of the molecule is Cc1ccc(C)c(NC(=O)CC(=O)NCCCN(C)C)c1. The molecule has 0 fully saturated rings. The minimum absolute atomic E-state index is 0.144. The maximum absolute atomic E-state index is 11.8. The third kappa shape index (κ3) is 6.90. The summed E-state index contributed by atoms with van der Waals surface area (Å²) in [6.07, 6.45) is 0.729. The number of nitrogens with zero attached hydrogens (tertiary/aromatic N) is 1. The number of nitrogens with one attached hydrogen (secondary N) is 2. The number of anilines is 1. The van der Waals surface area contributed by atoms with Crippen LogP contribution in [-0.4, -0.2) is 43.9 Å². The Bertz CT molecular complexity index is 498. The van der Waals surface area contributed by atoms with Crippen molar-refractivity contribution in [3.63, 3.8) is 0 Å². The van der Waals surface area contributed by atoms with Crippen LogP contribution in [0.4, 0.5) is 5.69 Å². The van der Waals surface area contributed by atoms with Gasteiger partial charge in [-0.25, -0.2) is 0 Å². The molecular weight excluding hydrogens is 266 g/mol. The number of benzene rings is 1. The minimum Gasteiger partial charge on any atom is -0.356 e. The van der Waals surface area contributed by atoms with Crippen LogP contribution in [0.2, 0.25) is 0 Å². The van der Waals surface area contributed by atoms with E-state index in [1.54, 1.807) is 0 Å². The summed E-state index contributed by atoms with van der Waals surface area (Å²) in [5.74, 6) is -0.523. The number of carbonyl (C=O) groups is 2. The normalized spacial score (nSPS) is 10.5. The van der Waals surface area contributed by atoms with E-state index in [2.05, 4.69) is 15.5 Å². The standard InChI is InChI=1S/C16H25N3O2/c1-12-6-7-13(2)14(10-12)18-16(21)11-15(20)17-8-5-9-19(3)4/h6-7,10H,5,8-9,11H2,1-4H3,(H,17,20)(H,18,21). The van der Waals surface area contributed by atoms with Crippen molar-refractivity contribution in [1.82, 2.24) is 10.2 Å². The highest BCUT2D eigenvalue weighted by Gasteiger charge is 2.10. The highest BCUT2D eigenvalue weighted by molar-refractivity contribution is 6.03. The summed E-state index contributed by atoms with van der Waals surface area (Å²) in [6.45, 7) is 5.39. The summed E-state index contributed by atoms with van der Waals surface area (Å²) in [6, 6.07) is 5.84. The molecule has 0 atom stereocenters. The molecule has 21 heavy (non-hydrogen) atoms. The average Bonchev–Trinajstić information content (AvgIpc) is 2.38. The lowest BCUT2D eigenvalue weighted by atomic mass is 10.1. The molecule has 0 aliphatic heterocycles. The van der Waals surface area contributed by atoms with Gasteiger partial charge >= 0.3 is 0 Å². The van der Waals surface area contributed by atoms with Gasteiger partial charge in [0, 0.05) is 12.2 Å². The molecule has 5 heteroatoms. The summed E-state index contributed by atoms with van der Waals surface area (Å²) >= 11 is 0. The van der Waals surface area contributed by atoms with Gasteiger partial charge in [0.2, 0.25) is 11.8 Å². The summed E-state index contributed by atoms with van der Waals surface area (Å²) in [5, 5.41) is 5.54. The molecule has 0 bridgehead atoms. The van der Waals surface area contributed by atoms with Gasteiger partial charge in [-0.15, -0.1) is 0 Å². The van der Waals surface area contributed by atoms with Crippen molar-refractivity contribution in [1.29, 1.82) is 0 Å². The molecule has 0 aliphatic carbocycles. The van der Waals surface area contributed by atoms with Crippen molar-refractivity contribution in [2.24, 2.45) is 0 Å². The van der Waals surface area contributed by atoms with E-state index in [0.29, 0.717) is 6.54 Å². The van der Waals surface area contributed by atoms with Gasteiger partial charge in [-0.1, -0.05) is 12.1 Å². The van der Waals surface area contributed by atoms with Crippen molar-refractivity contribution in [3.8, 4) is 0 Å². The number of hydrogen-bond donors (Lipinski definition) is 2. The Kier molecular flexibility index (Phi) is 6.88. The van der Waals surface area contributed by atoms with Crippen LogP contribution < -0.4 is 10.6 Å². The van der Waals surface area contributed by atoms with E-state index in [1.165, 1.54) is 0 Å². The van der Waals surface area contributed by atoms with Crippen LogP contribution in [0, 0.1) is 13.8 Å². The monoisotopic (exact) mass is 291 g/mol. The maximum Gasteiger partial charge on any atom is 0.233 e. The molecule has 2 N–H and O–H groups in total. The second kappa shape index (κ2) is 8.42. The molecule has 1 aromatic carbocycles. The topological polar surface area (TPSA) is 61.4 Å². The molecule has 2 amide bonds. The molecule has 0 saturated heterocycles. The van der Waals surface area contributed by atoms with Crippen LogP contribution in [0.1, 0.15) is 24.0 Å². The van der Waals surface area contributed by atoms with Gasteiger partial charge in [-0.3, -0.25) is 9.59 Å². The number of aryl methyl sites for hydroxylation is 2. The van der Waals surface area contributed by atoms with E-state index < -0.39 is 0 Å². The van der Waals surface area contributed by atoms with Crippen LogP contribution in [-0.2, 0) is 9.59 Å². The fourth-order valence-corrected chi connectivity index (χ4v) is 1.90. The quantitative estimate of drug-likeness (QED) is 0.594. The Morgan fingerprint density at radius 3 is 2.52 bits per heavy atom. The van der Waals surface area contributed by atoms with Gasteiger partial charge in [0.25, 0.3) is 0 Å². The van der Waals surface area contributed by atoms with Crippen molar-refractivity contribution in [3.05, 3.63) is 29.3 Å². The van der Waals surface area contributed by atoms with E-state index in [4.69, 9.17) is 0 Å². The molecular formula is C16H25N3O2. The van der Waals surface area contributed by atoms with Gasteiger partial charge < -0.3 is 15.5 Å². The highest BCUT2D eigenvalue weighted by atomic mass is 16.2. The van der Waals surface area contributed by atoms with E-state index in [-0.39, 0.29) is 18.2 Å². The molecule has 116 valence electrons. The molecule has 0 spiro atoms. The Hall–Kier alpha value is -1.88. The maximum atomic E-state index is 11.8. The molecule has 0 aliphatic rings. The van der Waals surface area contributed by atoms with E-state index in [1.807, 2.05) is 46.1 Å². The Morgan fingerprint density at radius 2 is 1.86 bits per heavy atom. The lowest BCUT2D eigenvalue weighted by Crippen LogP contribution is -2.30. The number of rotatable bonds is 7. The summed E-state index contributed by atoms with van der Waals surface area (Å²) in [7, 11) is 3.97. The number of hydrogen-bond acceptors (Lipinski definition) is 3. The third-order valence-electron chi connectivity index (χ3n) is 3.09. The lowest BCUT2D eigenvalue weighted by molar-refractivity contribution is -0.126. The van der Waals surface area contributed by atoms with Gasteiger partial charge in [0.1, 0.15) is 6.42 Å². The molecule has 0 aromatic heterocycles. The van der Waals surface area contributed by atoms with Crippen molar-refractivity contribution in [2.75, 3.05) is 32.5 Å². The average molecular weight is 291 g/mol. The Balaban J connectivity index is 2.36. The fraction of sp³-hybridized carbons (Fsp3) is 0.500. The van der Waals surface area contributed by atoms with Gasteiger partial charge in [-0.2, -0.15) is 0 Å². The summed E-state index contributed by atoms with van der Waals surface area (Å²) < 4.78 is 0. The van der Waals surface area contributed by atoms with Crippen LogP contribution in [0.5, 0.6) is 0 Å². The number of amides is 2. The first kappa shape index (κ1) is 17.2. The highest BCUT2D eigenvalue weighted by Crippen LogP contribution is 2.16. The lowest BCUT2D eigenvalue weighted by Gasteiger charge is -2.11. The fourth-order valence-electron chi connectivity index (χ4n) is 1.90. The molecule has 0 unspecified atom stereocenters. The largest absolute Gasteiger partial charge is 0.356 e. The predicted octanol–water partition coefficient (Wildman–Crippen LogP) is 1.70. The molecule has 0 saturated carbocycles. The summed E-state index contributed by atoms with van der Waals surface area (Å²) in [5.41, 5.74) is 2.82. The molecule has 5 nitrogen and oxygen atoms in total. The zero-order valence-electron chi connectivity index (χ0n) is 13.3. The predicted molar refractivity (Wildman–Crippen MR) is 85.3 cm³/mol. The summed E-state index contributed by atoms with van der Waals surface area (Å²) in [4.78, 5) is 25.6. The Labute approximate surface area is 126 Å². The van der Waals surface area contributed by atoms with E-state index >= 15 is 0 Å². The smallest absolute Gasteiger partial charge is 0.233 e. The third-order valence-corrected chi connectivity index (χ3v) is 3.09. The van der Waals surface area contributed by atoms with Gasteiger partial charge in [-0.05, 0) is 58.1 Å². The zero-order valence-corrected chi connectivity index (χ0v) is 13.3. The van der Waals surface area contributed by atoms with Crippen LogP contribution in [0.3, 0.4) is 0 Å². The molecule has 1 rings (SSSR count). The van der Waals surface area contributed by atoms with Crippen molar-refractivity contribution in [2.45, 2.75) is 26.7 Å². The first-order chi connectivity index (χ1) is 9.88. The zero-order chi connectivity index (χ0) is 15.8. The van der Waals surface area contributed by atoms with E-state index in [9.17, 15) is 9.59 Å². The van der Waals surface area contributed by atoms with E-state index in [0.717, 1.165) is 29.8 Å². The molecule has 0 radical (unpaired) electrons. The van der Waals surface area contributed by atoms with Crippen LogP contribution in [0.25, 0.3) is 0 Å². The van der Waals surface area contributed by atoms with Crippen LogP contribution >= 0.6 is 0 Å². The van der Waals surface area contributed by atoms with Crippen molar-refractivity contribution >= 4 is 17.5 Å².